The number of fused-ring (bicyclic) bond motifs is 1. The summed E-state index contributed by atoms with van der Waals surface area (Å²) in [6, 6.07) is 10.9. The number of carbonyl (C=O) groups excluding carboxylic acids is 1. The molecule has 0 spiro atoms. The molecule has 1 aromatic carbocycles. The normalized spacial score (nSPS) is 15.6. The summed E-state index contributed by atoms with van der Waals surface area (Å²) in [5.41, 5.74) is 2.15. The fourth-order valence-corrected chi connectivity index (χ4v) is 3.71. The number of para-hydroxylation sites is 1. The van der Waals surface area contributed by atoms with Gasteiger partial charge in [-0.2, -0.15) is 5.10 Å². The lowest BCUT2D eigenvalue weighted by Crippen LogP contribution is -2.38. The van der Waals surface area contributed by atoms with Crippen molar-refractivity contribution in [1.29, 1.82) is 0 Å². The van der Waals surface area contributed by atoms with Crippen LogP contribution in [0.15, 0.2) is 47.4 Å². The number of hydrogen-bond donors (Lipinski definition) is 1. The number of pyridine rings is 1. The summed E-state index contributed by atoms with van der Waals surface area (Å²) in [7, 11) is 1.95. The number of rotatable bonds is 2. The molecule has 25 heavy (non-hydrogen) atoms. The molecule has 1 saturated heterocycles. The molecule has 4 rings (SSSR count). The molecule has 0 saturated carbocycles. The van der Waals surface area contributed by atoms with Gasteiger partial charge in [0.1, 0.15) is 0 Å². The van der Waals surface area contributed by atoms with Gasteiger partial charge >= 0.3 is 0 Å². The summed E-state index contributed by atoms with van der Waals surface area (Å²) < 4.78 is 1.91. The van der Waals surface area contributed by atoms with Crippen LogP contribution in [-0.4, -0.2) is 38.7 Å². The molecule has 0 bridgehead atoms. The van der Waals surface area contributed by atoms with E-state index in [1.807, 2.05) is 53.2 Å². The van der Waals surface area contributed by atoms with Crippen molar-refractivity contribution >= 4 is 16.8 Å². The van der Waals surface area contributed by atoms with Gasteiger partial charge in [-0.3, -0.25) is 14.3 Å². The zero-order valence-corrected chi connectivity index (χ0v) is 14.1. The topological polar surface area (TPSA) is 71.0 Å². The van der Waals surface area contributed by atoms with Crippen molar-refractivity contribution in [3.8, 4) is 0 Å². The number of piperidine rings is 1. The van der Waals surface area contributed by atoms with Gasteiger partial charge in [0.2, 0.25) is 5.56 Å². The lowest BCUT2D eigenvalue weighted by Gasteiger charge is -2.32. The maximum atomic E-state index is 13.0. The predicted octanol–water partition coefficient (Wildman–Crippen LogP) is 2.28. The van der Waals surface area contributed by atoms with Crippen molar-refractivity contribution in [2.75, 3.05) is 13.1 Å². The summed E-state index contributed by atoms with van der Waals surface area (Å²) in [5.74, 6) is 0.359. The van der Waals surface area contributed by atoms with Crippen molar-refractivity contribution in [3.63, 3.8) is 0 Å². The number of hydrogen-bond acceptors (Lipinski definition) is 3. The van der Waals surface area contributed by atoms with E-state index in [2.05, 4.69) is 10.1 Å². The average molecular weight is 336 g/mol. The third-order valence-corrected chi connectivity index (χ3v) is 5.04. The second kappa shape index (κ2) is 6.20. The third kappa shape index (κ3) is 2.84. The number of likely N-dealkylation sites (tertiary alicyclic amines) is 1. The molecule has 1 N–H and O–H groups in total. The van der Waals surface area contributed by atoms with Crippen LogP contribution in [0.2, 0.25) is 0 Å². The smallest absolute Gasteiger partial charge is 0.254 e. The van der Waals surface area contributed by atoms with Crippen molar-refractivity contribution in [2.45, 2.75) is 18.8 Å². The van der Waals surface area contributed by atoms with Crippen molar-refractivity contribution in [3.05, 3.63) is 64.2 Å². The number of carbonyl (C=O) groups is 1. The molecule has 2 aromatic heterocycles. The first-order valence-corrected chi connectivity index (χ1v) is 8.53. The van der Waals surface area contributed by atoms with Gasteiger partial charge in [0, 0.05) is 54.9 Å². The van der Waals surface area contributed by atoms with Gasteiger partial charge in [0.25, 0.3) is 5.91 Å². The van der Waals surface area contributed by atoms with Crippen LogP contribution in [0.4, 0.5) is 0 Å². The minimum atomic E-state index is -0.244. The molecule has 128 valence electrons. The van der Waals surface area contributed by atoms with E-state index in [1.165, 1.54) is 11.8 Å². The van der Waals surface area contributed by atoms with E-state index in [0.717, 1.165) is 18.2 Å². The van der Waals surface area contributed by atoms with E-state index in [1.54, 1.807) is 0 Å². The van der Waals surface area contributed by atoms with Gasteiger partial charge in [0.15, 0.2) is 0 Å². The van der Waals surface area contributed by atoms with Crippen molar-refractivity contribution < 1.29 is 4.79 Å². The van der Waals surface area contributed by atoms with Crippen LogP contribution < -0.4 is 5.56 Å². The molecule has 1 fully saturated rings. The molecule has 0 aliphatic carbocycles. The second-order valence-corrected chi connectivity index (χ2v) is 6.54. The van der Waals surface area contributed by atoms with E-state index in [0.29, 0.717) is 30.1 Å². The molecule has 1 amide bonds. The highest BCUT2D eigenvalue weighted by molar-refractivity contribution is 6.05. The third-order valence-electron chi connectivity index (χ3n) is 5.04. The highest BCUT2D eigenvalue weighted by atomic mass is 16.2. The van der Waals surface area contributed by atoms with Gasteiger partial charge in [-0.05, 0) is 25.0 Å². The standard InChI is InChI=1S/C19H20N4O2/c1-22-17(6-9-20-22)13-7-10-23(11-8-13)19(25)15-12-18(24)21-16-5-3-2-4-14(15)16/h2-6,9,12-13H,7-8,10-11H2,1H3,(H,21,24). The fourth-order valence-electron chi connectivity index (χ4n) is 3.71. The highest BCUT2D eigenvalue weighted by Crippen LogP contribution is 2.28. The maximum Gasteiger partial charge on any atom is 0.254 e. The van der Waals surface area contributed by atoms with Gasteiger partial charge in [-0.15, -0.1) is 0 Å². The first-order chi connectivity index (χ1) is 12.1. The first-order valence-electron chi connectivity index (χ1n) is 8.53. The number of aromatic nitrogens is 3. The molecule has 3 heterocycles. The Labute approximate surface area is 145 Å². The van der Waals surface area contributed by atoms with Crippen LogP contribution in [0.25, 0.3) is 10.9 Å². The summed E-state index contributed by atoms with van der Waals surface area (Å²) >= 11 is 0. The molecular weight excluding hydrogens is 316 g/mol. The Kier molecular flexibility index (Phi) is 3.87. The van der Waals surface area contributed by atoms with Gasteiger partial charge in [0.05, 0.1) is 5.56 Å². The average Bonchev–Trinajstić information content (AvgIpc) is 3.06. The number of H-pyrrole nitrogens is 1. The van der Waals surface area contributed by atoms with Crippen molar-refractivity contribution in [1.82, 2.24) is 19.7 Å². The Hall–Kier alpha value is -2.89. The second-order valence-electron chi connectivity index (χ2n) is 6.54. The molecule has 0 atom stereocenters. The van der Waals surface area contributed by atoms with E-state index in [9.17, 15) is 9.59 Å². The van der Waals surface area contributed by atoms with Crippen LogP contribution >= 0.6 is 0 Å². The number of nitrogens with one attached hydrogen (secondary N) is 1. The van der Waals surface area contributed by atoms with E-state index in [4.69, 9.17) is 0 Å². The number of aryl methyl sites for hydroxylation is 1. The quantitative estimate of drug-likeness (QED) is 0.780. The molecule has 6 heteroatoms. The van der Waals surface area contributed by atoms with Gasteiger partial charge in [-0.1, -0.05) is 18.2 Å². The highest BCUT2D eigenvalue weighted by Gasteiger charge is 2.27. The summed E-state index contributed by atoms with van der Waals surface area (Å²) in [6.07, 6.45) is 3.63. The monoisotopic (exact) mass is 336 g/mol. The summed E-state index contributed by atoms with van der Waals surface area (Å²) in [5, 5.41) is 5.03. The number of benzene rings is 1. The first kappa shape index (κ1) is 15.6. The zero-order chi connectivity index (χ0) is 17.4. The molecule has 6 nitrogen and oxygen atoms in total. The minimum absolute atomic E-state index is 0.0641. The van der Waals surface area contributed by atoms with E-state index >= 15 is 0 Å². The molecule has 1 aliphatic rings. The Balaban J connectivity index is 1.57. The van der Waals surface area contributed by atoms with Crippen LogP contribution in [0, 0.1) is 0 Å². The fraction of sp³-hybridized carbons (Fsp3) is 0.316. The summed E-state index contributed by atoms with van der Waals surface area (Å²) in [4.78, 5) is 29.5. The van der Waals surface area contributed by atoms with Crippen LogP contribution in [0.5, 0.6) is 0 Å². The van der Waals surface area contributed by atoms with E-state index < -0.39 is 0 Å². The Morgan fingerprint density at radius 2 is 1.96 bits per heavy atom. The van der Waals surface area contributed by atoms with Crippen molar-refractivity contribution in [2.24, 2.45) is 7.05 Å². The Bertz CT molecular complexity index is 980. The minimum Gasteiger partial charge on any atom is -0.339 e. The molecule has 3 aromatic rings. The lowest BCUT2D eigenvalue weighted by molar-refractivity contribution is 0.0713. The number of aromatic amines is 1. The molecule has 0 radical (unpaired) electrons. The van der Waals surface area contributed by atoms with Crippen LogP contribution in [0.3, 0.4) is 0 Å². The molecule has 0 unspecified atom stereocenters. The predicted molar refractivity (Wildman–Crippen MR) is 95.7 cm³/mol. The number of nitrogens with zero attached hydrogens (tertiary/aromatic N) is 3. The Morgan fingerprint density at radius 1 is 1.20 bits per heavy atom. The zero-order valence-electron chi connectivity index (χ0n) is 14.1. The van der Waals surface area contributed by atoms with E-state index in [-0.39, 0.29) is 11.5 Å². The van der Waals surface area contributed by atoms with Gasteiger partial charge in [-0.25, -0.2) is 0 Å². The largest absolute Gasteiger partial charge is 0.339 e. The number of amides is 1. The van der Waals surface area contributed by atoms with Crippen LogP contribution in [0.1, 0.15) is 34.8 Å². The van der Waals surface area contributed by atoms with Crippen LogP contribution in [-0.2, 0) is 7.05 Å². The maximum absolute atomic E-state index is 13.0. The lowest BCUT2D eigenvalue weighted by atomic mass is 9.93. The van der Waals surface area contributed by atoms with Gasteiger partial charge < -0.3 is 9.88 Å². The molecular formula is C19H20N4O2. The molecule has 1 aliphatic heterocycles. The summed E-state index contributed by atoms with van der Waals surface area (Å²) in [6.45, 7) is 1.38. The Morgan fingerprint density at radius 3 is 2.68 bits per heavy atom. The SMILES string of the molecule is Cn1nccc1C1CCN(C(=O)c2cc(=O)[nH]c3ccccc23)CC1.